The van der Waals surface area contributed by atoms with Gasteiger partial charge in [0, 0.05) is 5.69 Å². The molecule has 3 N–H and O–H groups in total. The summed E-state index contributed by atoms with van der Waals surface area (Å²) < 4.78 is 0. The molecule has 5 nitrogen and oxygen atoms in total. The van der Waals surface area contributed by atoms with Gasteiger partial charge >= 0.3 is 0 Å². The summed E-state index contributed by atoms with van der Waals surface area (Å²) in [6, 6.07) is 19.7. The van der Waals surface area contributed by atoms with Crippen LogP contribution in [0.3, 0.4) is 0 Å². The van der Waals surface area contributed by atoms with E-state index in [4.69, 9.17) is 10.2 Å². The Morgan fingerprint density at radius 1 is 0.840 bits per heavy atom. The average molecular weight is 337 g/mol. The predicted molar refractivity (Wildman–Crippen MR) is 97.6 cm³/mol. The van der Waals surface area contributed by atoms with E-state index in [1.54, 1.807) is 24.3 Å². The lowest BCUT2D eigenvalue weighted by Crippen LogP contribution is -2.14. The molecular formula is C20H19NO4. The van der Waals surface area contributed by atoms with Gasteiger partial charge in [-0.3, -0.25) is 9.59 Å². The van der Waals surface area contributed by atoms with E-state index in [9.17, 15) is 9.59 Å². The number of carbonyl (C=O) groups is 2. The van der Waals surface area contributed by atoms with Gasteiger partial charge in [0.25, 0.3) is 0 Å². The van der Waals surface area contributed by atoms with Crippen LogP contribution in [0.4, 0.5) is 5.69 Å². The van der Waals surface area contributed by atoms with Gasteiger partial charge in [-0.15, -0.1) is 0 Å². The zero-order valence-electron chi connectivity index (χ0n) is 13.8. The SMILES string of the molecule is CC(=O)CC(=O)Nc1ccccc1.Oc1cc2ccccc2cc1O. The van der Waals surface area contributed by atoms with Gasteiger partial charge in [-0.25, -0.2) is 0 Å². The number of aromatic hydroxyl groups is 2. The maximum Gasteiger partial charge on any atom is 0.231 e. The van der Waals surface area contributed by atoms with Crippen LogP contribution >= 0.6 is 0 Å². The van der Waals surface area contributed by atoms with Crippen LogP contribution < -0.4 is 5.32 Å². The number of phenols is 2. The summed E-state index contributed by atoms with van der Waals surface area (Å²) in [5.41, 5.74) is 0.716. The van der Waals surface area contributed by atoms with Crippen molar-refractivity contribution in [1.29, 1.82) is 0 Å². The first-order chi connectivity index (χ1) is 12.0. The van der Waals surface area contributed by atoms with E-state index in [2.05, 4.69) is 5.32 Å². The van der Waals surface area contributed by atoms with Crippen LogP contribution in [-0.4, -0.2) is 21.9 Å². The van der Waals surface area contributed by atoms with Crippen molar-refractivity contribution in [3.05, 3.63) is 66.7 Å². The fraction of sp³-hybridized carbons (Fsp3) is 0.100. The Labute approximate surface area is 145 Å². The molecule has 0 aliphatic rings. The minimum Gasteiger partial charge on any atom is -0.504 e. The highest BCUT2D eigenvalue weighted by atomic mass is 16.3. The Hall–Kier alpha value is -3.34. The molecule has 0 unspecified atom stereocenters. The van der Waals surface area contributed by atoms with Crippen LogP contribution in [-0.2, 0) is 9.59 Å². The fourth-order valence-electron chi connectivity index (χ4n) is 2.17. The molecule has 128 valence electrons. The first kappa shape index (κ1) is 18.0. The monoisotopic (exact) mass is 337 g/mol. The van der Waals surface area contributed by atoms with Gasteiger partial charge in [0.1, 0.15) is 5.78 Å². The van der Waals surface area contributed by atoms with Gasteiger partial charge < -0.3 is 15.5 Å². The highest BCUT2D eigenvalue weighted by molar-refractivity contribution is 6.03. The van der Waals surface area contributed by atoms with Crippen molar-refractivity contribution in [1.82, 2.24) is 0 Å². The molecule has 5 heteroatoms. The molecule has 0 heterocycles. The van der Waals surface area contributed by atoms with Crippen molar-refractivity contribution in [3.8, 4) is 11.5 Å². The summed E-state index contributed by atoms with van der Waals surface area (Å²) in [7, 11) is 0. The molecule has 0 saturated heterocycles. The number of amides is 1. The molecule has 1 amide bonds. The summed E-state index contributed by atoms with van der Waals surface area (Å²) in [5.74, 6) is -0.547. The van der Waals surface area contributed by atoms with E-state index in [0.29, 0.717) is 5.69 Å². The molecule has 3 aromatic carbocycles. The van der Waals surface area contributed by atoms with Crippen LogP contribution in [0.15, 0.2) is 66.7 Å². The Kier molecular flexibility index (Phi) is 6.12. The Morgan fingerprint density at radius 2 is 1.32 bits per heavy atom. The maximum absolute atomic E-state index is 11.1. The second-order valence-corrected chi connectivity index (χ2v) is 5.48. The second-order valence-electron chi connectivity index (χ2n) is 5.48. The summed E-state index contributed by atoms with van der Waals surface area (Å²) in [6.07, 6.45) is -0.0606. The summed E-state index contributed by atoms with van der Waals surface area (Å²) in [4.78, 5) is 21.7. The lowest BCUT2D eigenvalue weighted by molar-refractivity contribution is -0.124. The number of rotatable bonds is 3. The minimum absolute atomic E-state index is 0.0606. The van der Waals surface area contributed by atoms with E-state index < -0.39 is 0 Å². The summed E-state index contributed by atoms with van der Waals surface area (Å²) >= 11 is 0. The Morgan fingerprint density at radius 3 is 1.80 bits per heavy atom. The molecule has 0 aromatic heterocycles. The zero-order chi connectivity index (χ0) is 18.2. The number of phenolic OH excluding ortho intramolecular Hbond substituents is 2. The highest BCUT2D eigenvalue weighted by Crippen LogP contribution is 2.29. The smallest absolute Gasteiger partial charge is 0.231 e. The number of fused-ring (bicyclic) bond motifs is 1. The molecule has 0 fully saturated rings. The van der Waals surface area contributed by atoms with Crippen LogP contribution in [0.5, 0.6) is 11.5 Å². The van der Waals surface area contributed by atoms with Gasteiger partial charge in [0.15, 0.2) is 11.5 Å². The second kappa shape index (κ2) is 8.49. The third-order valence-corrected chi connectivity index (χ3v) is 3.31. The van der Waals surface area contributed by atoms with Crippen molar-refractivity contribution < 1.29 is 19.8 Å². The summed E-state index contributed by atoms with van der Waals surface area (Å²) in [5, 5.41) is 22.8. The normalized spacial score (nSPS) is 9.80. The number of nitrogens with one attached hydrogen (secondary N) is 1. The van der Waals surface area contributed by atoms with E-state index in [1.807, 2.05) is 42.5 Å². The molecule has 0 saturated carbocycles. The lowest BCUT2D eigenvalue weighted by atomic mass is 10.1. The summed E-state index contributed by atoms with van der Waals surface area (Å²) in [6.45, 7) is 1.39. The minimum atomic E-state index is -0.265. The predicted octanol–water partition coefficient (Wildman–Crippen LogP) is 3.86. The molecule has 0 aliphatic heterocycles. The van der Waals surface area contributed by atoms with E-state index in [0.717, 1.165) is 10.8 Å². The van der Waals surface area contributed by atoms with Gasteiger partial charge in [0.05, 0.1) is 6.42 Å². The van der Waals surface area contributed by atoms with Crippen LogP contribution in [0.1, 0.15) is 13.3 Å². The quantitative estimate of drug-likeness (QED) is 0.500. The molecule has 25 heavy (non-hydrogen) atoms. The molecule has 0 atom stereocenters. The van der Waals surface area contributed by atoms with Crippen LogP contribution in [0.25, 0.3) is 10.8 Å². The van der Waals surface area contributed by atoms with E-state index in [1.165, 1.54) is 6.92 Å². The van der Waals surface area contributed by atoms with E-state index >= 15 is 0 Å². The van der Waals surface area contributed by atoms with Gasteiger partial charge in [-0.2, -0.15) is 0 Å². The fourth-order valence-corrected chi connectivity index (χ4v) is 2.17. The molecule has 0 bridgehead atoms. The number of benzene rings is 3. The third-order valence-electron chi connectivity index (χ3n) is 3.31. The van der Waals surface area contributed by atoms with Crippen molar-refractivity contribution in [2.75, 3.05) is 5.32 Å². The molecule has 3 aromatic rings. The number of para-hydroxylation sites is 1. The zero-order valence-corrected chi connectivity index (χ0v) is 13.8. The lowest BCUT2D eigenvalue weighted by Gasteiger charge is -2.01. The molecule has 0 radical (unpaired) electrons. The van der Waals surface area contributed by atoms with Crippen molar-refractivity contribution >= 4 is 28.2 Å². The van der Waals surface area contributed by atoms with Gasteiger partial charge in [-0.05, 0) is 42.0 Å². The Bertz CT molecular complexity index is 835. The number of anilines is 1. The van der Waals surface area contributed by atoms with Crippen molar-refractivity contribution in [2.45, 2.75) is 13.3 Å². The van der Waals surface area contributed by atoms with E-state index in [-0.39, 0.29) is 29.6 Å². The molecule has 0 aliphatic carbocycles. The number of ketones is 1. The molecule has 0 spiro atoms. The van der Waals surface area contributed by atoms with Crippen molar-refractivity contribution in [2.24, 2.45) is 0 Å². The number of carbonyl (C=O) groups excluding carboxylic acids is 2. The Balaban J connectivity index is 0.000000181. The van der Waals surface area contributed by atoms with Crippen molar-refractivity contribution in [3.63, 3.8) is 0 Å². The van der Waals surface area contributed by atoms with Gasteiger partial charge in [-0.1, -0.05) is 42.5 Å². The standard InChI is InChI=1S/C10H11NO2.C10H8O2/c1-8(12)7-10(13)11-9-5-3-2-4-6-9;11-9-5-7-3-1-2-4-8(7)6-10(9)12/h2-6H,7H2,1H3,(H,11,13);1-6,11-12H. The topological polar surface area (TPSA) is 86.6 Å². The molecule has 3 rings (SSSR count). The number of hydrogen-bond acceptors (Lipinski definition) is 4. The van der Waals surface area contributed by atoms with Gasteiger partial charge in [0.2, 0.25) is 5.91 Å². The largest absolute Gasteiger partial charge is 0.504 e. The third kappa shape index (κ3) is 5.66. The van der Waals surface area contributed by atoms with Crippen LogP contribution in [0.2, 0.25) is 0 Å². The highest BCUT2D eigenvalue weighted by Gasteiger charge is 2.04. The first-order valence-electron chi connectivity index (χ1n) is 7.71. The molecular weight excluding hydrogens is 318 g/mol. The van der Waals surface area contributed by atoms with Crippen LogP contribution in [0, 0.1) is 0 Å². The average Bonchev–Trinajstić information content (AvgIpc) is 2.56. The first-order valence-corrected chi connectivity index (χ1v) is 7.71. The number of Topliss-reactive ketones (excluding diaryl/α,β-unsaturated/α-hetero) is 1. The number of hydrogen-bond donors (Lipinski definition) is 3. The maximum atomic E-state index is 11.1.